The highest BCUT2D eigenvalue weighted by atomic mass is 16.6. The summed E-state index contributed by atoms with van der Waals surface area (Å²) in [6, 6.07) is 5.20. The van der Waals surface area contributed by atoms with Crippen LogP contribution in [0, 0.1) is 17.0 Å². The summed E-state index contributed by atoms with van der Waals surface area (Å²) in [6.45, 7) is 1.94. The van der Waals surface area contributed by atoms with Crippen LogP contribution in [0.5, 0.6) is 0 Å². The van der Waals surface area contributed by atoms with E-state index in [1.54, 1.807) is 24.5 Å². The van der Waals surface area contributed by atoms with Crippen molar-refractivity contribution in [1.82, 2.24) is 14.5 Å². The van der Waals surface area contributed by atoms with Crippen molar-refractivity contribution in [3.63, 3.8) is 0 Å². The first-order chi connectivity index (χ1) is 10.6. The van der Waals surface area contributed by atoms with E-state index < -0.39 is 0 Å². The number of rotatable bonds is 3. The lowest BCUT2D eigenvalue weighted by molar-refractivity contribution is -0.384. The molecular weight excluding hydrogens is 280 g/mol. The second kappa shape index (κ2) is 4.62. The molecule has 22 heavy (non-hydrogen) atoms. The van der Waals surface area contributed by atoms with Gasteiger partial charge in [0, 0.05) is 36.1 Å². The first-order valence-corrected chi connectivity index (χ1v) is 7.22. The molecule has 0 atom stereocenters. The third kappa shape index (κ3) is 2.04. The number of nitro groups is 1. The molecule has 3 aromatic rings. The van der Waals surface area contributed by atoms with Gasteiger partial charge in [-0.1, -0.05) is 0 Å². The summed E-state index contributed by atoms with van der Waals surface area (Å²) in [4.78, 5) is 19.5. The van der Waals surface area contributed by atoms with Gasteiger partial charge in [-0.2, -0.15) is 0 Å². The van der Waals surface area contributed by atoms with E-state index >= 15 is 0 Å². The Morgan fingerprint density at radius 3 is 2.64 bits per heavy atom. The third-order valence-corrected chi connectivity index (χ3v) is 4.01. The number of aromatic nitrogens is 3. The van der Waals surface area contributed by atoms with Gasteiger partial charge < -0.3 is 0 Å². The monoisotopic (exact) mass is 294 g/mol. The first-order valence-electron chi connectivity index (χ1n) is 7.22. The summed E-state index contributed by atoms with van der Waals surface area (Å²) in [6.07, 6.45) is 7.59. The minimum absolute atomic E-state index is 0.150. The largest absolute Gasteiger partial charge is 0.285 e. The Morgan fingerprint density at radius 1 is 1.27 bits per heavy atom. The van der Waals surface area contributed by atoms with E-state index in [-0.39, 0.29) is 10.6 Å². The summed E-state index contributed by atoms with van der Waals surface area (Å²) in [5.74, 6) is 0.998. The fourth-order valence-electron chi connectivity index (χ4n) is 2.79. The number of benzene rings is 1. The molecule has 1 aliphatic carbocycles. The molecule has 0 spiro atoms. The molecule has 2 aromatic heterocycles. The third-order valence-electron chi connectivity index (χ3n) is 4.01. The zero-order chi connectivity index (χ0) is 15.3. The molecule has 1 saturated carbocycles. The standard InChI is InChI=1S/C16H14N4O2/c1-10-8-17-16(18-9-10)19-5-4-12-6-13(20(21)22)7-14(15(12)19)11-2-3-11/h4-9,11H,2-3H2,1H3. The van der Waals surface area contributed by atoms with Crippen LogP contribution >= 0.6 is 0 Å². The van der Waals surface area contributed by atoms with Crippen LogP contribution in [0.15, 0.2) is 36.8 Å². The molecule has 6 heteroatoms. The Hall–Kier alpha value is -2.76. The maximum Gasteiger partial charge on any atom is 0.270 e. The van der Waals surface area contributed by atoms with Gasteiger partial charge in [-0.15, -0.1) is 0 Å². The van der Waals surface area contributed by atoms with E-state index in [1.165, 1.54) is 0 Å². The van der Waals surface area contributed by atoms with E-state index in [0.717, 1.165) is 34.9 Å². The summed E-state index contributed by atoms with van der Waals surface area (Å²) in [7, 11) is 0. The summed E-state index contributed by atoms with van der Waals surface area (Å²) < 4.78 is 1.92. The molecule has 0 N–H and O–H groups in total. The maximum atomic E-state index is 11.1. The van der Waals surface area contributed by atoms with Gasteiger partial charge in [0.25, 0.3) is 5.69 Å². The highest BCUT2D eigenvalue weighted by Gasteiger charge is 2.29. The average Bonchev–Trinajstić information content (AvgIpc) is 3.26. The maximum absolute atomic E-state index is 11.1. The van der Waals surface area contributed by atoms with E-state index in [2.05, 4.69) is 9.97 Å². The Morgan fingerprint density at radius 2 is 2.00 bits per heavy atom. The molecule has 4 rings (SSSR count). The molecule has 0 unspecified atom stereocenters. The van der Waals surface area contributed by atoms with Crippen molar-refractivity contribution < 1.29 is 4.92 Å². The van der Waals surface area contributed by atoms with Crippen LogP contribution in [-0.4, -0.2) is 19.5 Å². The van der Waals surface area contributed by atoms with E-state index in [4.69, 9.17) is 0 Å². The molecule has 1 aromatic carbocycles. The van der Waals surface area contributed by atoms with Crippen molar-refractivity contribution in [1.29, 1.82) is 0 Å². The number of hydrogen-bond acceptors (Lipinski definition) is 4. The van der Waals surface area contributed by atoms with Crippen molar-refractivity contribution >= 4 is 16.6 Å². The molecular formula is C16H14N4O2. The van der Waals surface area contributed by atoms with Crippen molar-refractivity contribution in [3.05, 3.63) is 58.0 Å². The van der Waals surface area contributed by atoms with Gasteiger partial charge >= 0.3 is 0 Å². The number of nitro benzene ring substituents is 1. The molecule has 0 amide bonds. The highest BCUT2D eigenvalue weighted by Crippen LogP contribution is 2.45. The average molecular weight is 294 g/mol. The summed E-state index contributed by atoms with van der Waals surface area (Å²) in [5, 5.41) is 12.0. The topological polar surface area (TPSA) is 73.8 Å². The first kappa shape index (κ1) is 12.9. The molecule has 6 nitrogen and oxygen atoms in total. The molecule has 110 valence electrons. The number of non-ortho nitro benzene ring substituents is 1. The number of fused-ring (bicyclic) bond motifs is 1. The Labute approximate surface area is 126 Å². The predicted octanol–water partition coefficient (Wildman–Crippen LogP) is 3.51. The van der Waals surface area contributed by atoms with Gasteiger partial charge in [0.15, 0.2) is 0 Å². The van der Waals surface area contributed by atoms with Crippen molar-refractivity contribution in [3.8, 4) is 5.95 Å². The lowest BCUT2D eigenvalue weighted by atomic mass is 10.1. The van der Waals surface area contributed by atoms with Gasteiger partial charge in [-0.25, -0.2) is 9.97 Å². The fourth-order valence-corrected chi connectivity index (χ4v) is 2.79. The second-order valence-electron chi connectivity index (χ2n) is 5.75. The van der Waals surface area contributed by atoms with E-state index in [0.29, 0.717) is 11.9 Å². The zero-order valence-electron chi connectivity index (χ0n) is 12.1. The smallest absolute Gasteiger partial charge is 0.270 e. The second-order valence-corrected chi connectivity index (χ2v) is 5.75. The SMILES string of the molecule is Cc1cnc(-n2ccc3cc([N+](=O)[O-])cc(C4CC4)c32)nc1. The fraction of sp³-hybridized carbons (Fsp3) is 0.250. The van der Waals surface area contributed by atoms with Crippen LogP contribution < -0.4 is 0 Å². The molecule has 1 fully saturated rings. The molecule has 2 heterocycles. The van der Waals surface area contributed by atoms with Crippen LogP contribution in [0.4, 0.5) is 5.69 Å². The van der Waals surface area contributed by atoms with Crippen molar-refractivity contribution in [2.24, 2.45) is 0 Å². The van der Waals surface area contributed by atoms with Crippen LogP contribution in [0.3, 0.4) is 0 Å². The normalized spacial score (nSPS) is 14.4. The van der Waals surface area contributed by atoms with Gasteiger partial charge in [0.2, 0.25) is 5.95 Å². The Bertz CT molecular complexity index is 879. The minimum atomic E-state index is -0.328. The van der Waals surface area contributed by atoms with Crippen LogP contribution in [-0.2, 0) is 0 Å². The molecule has 1 aliphatic rings. The predicted molar refractivity (Wildman–Crippen MR) is 82.2 cm³/mol. The lowest BCUT2D eigenvalue weighted by Gasteiger charge is -2.08. The Kier molecular flexibility index (Phi) is 2.72. The summed E-state index contributed by atoms with van der Waals surface area (Å²) >= 11 is 0. The van der Waals surface area contributed by atoms with Gasteiger partial charge in [-0.05, 0) is 42.9 Å². The van der Waals surface area contributed by atoms with Crippen LogP contribution in [0.25, 0.3) is 16.9 Å². The van der Waals surface area contributed by atoms with Crippen LogP contribution in [0.2, 0.25) is 0 Å². The Balaban J connectivity index is 1.97. The van der Waals surface area contributed by atoms with Crippen molar-refractivity contribution in [2.45, 2.75) is 25.7 Å². The van der Waals surface area contributed by atoms with Crippen molar-refractivity contribution in [2.75, 3.05) is 0 Å². The zero-order valence-corrected chi connectivity index (χ0v) is 12.1. The van der Waals surface area contributed by atoms with Gasteiger partial charge in [0.05, 0.1) is 10.4 Å². The molecule has 0 aliphatic heterocycles. The number of aryl methyl sites for hydroxylation is 1. The molecule has 0 bridgehead atoms. The quantitative estimate of drug-likeness (QED) is 0.547. The van der Waals surface area contributed by atoms with E-state index in [9.17, 15) is 10.1 Å². The van der Waals surface area contributed by atoms with Crippen LogP contribution in [0.1, 0.15) is 29.9 Å². The van der Waals surface area contributed by atoms with Gasteiger partial charge in [0.1, 0.15) is 0 Å². The number of hydrogen-bond donors (Lipinski definition) is 0. The summed E-state index contributed by atoms with van der Waals surface area (Å²) in [5.41, 5.74) is 3.16. The van der Waals surface area contributed by atoms with Gasteiger partial charge in [-0.3, -0.25) is 14.7 Å². The van der Waals surface area contributed by atoms with E-state index in [1.807, 2.05) is 23.8 Å². The lowest BCUT2D eigenvalue weighted by Crippen LogP contribution is -2.01. The molecule has 0 saturated heterocycles. The minimum Gasteiger partial charge on any atom is -0.285 e. The molecule has 0 radical (unpaired) electrons. The number of nitrogens with zero attached hydrogens (tertiary/aromatic N) is 4. The highest BCUT2D eigenvalue weighted by molar-refractivity contribution is 5.87.